The van der Waals surface area contributed by atoms with E-state index in [0.717, 1.165) is 61.2 Å². The summed E-state index contributed by atoms with van der Waals surface area (Å²) < 4.78 is 11.5. The average Bonchev–Trinajstić information content (AvgIpc) is 3.96. The van der Waals surface area contributed by atoms with Crippen molar-refractivity contribution >= 4 is 86.9 Å². The Morgan fingerprint density at radius 1 is 0.526 bits per heavy atom. The van der Waals surface area contributed by atoms with E-state index in [2.05, 4.69) is 174 Å². The molecule has 1 N–H and O–H groups in total. The Bertz CT molecular complexity index is 3450. The molecule has 57 heavy (non-hydrogen) atoms. The molecule has 8 aromatic carbocycles. The molecule has 11 aromatic rings. The number of nitrogens with one attached hydrogen (secondary N) is 1. The number of fused-ring (bicyclic) bond motifs is 9. The first kappa shape index (κ1) is 32.0. The van der Waals surface area contributed by atoms with Crippen LogP contribution in [0, 0.1) is 0 Å². The van der Waals surface area contributed by atoms with Gasteiger partial charge in [-0.25, -0.2) is 9.98 Å². The largest absolute Gasteiger partial charge is 0.456 e. The van der Waals surface area contributed by atoms with Crippen LogP contribution in [0.2, 0.25) is 0 Å². The summed E-state index contributed by atoms with van der Waals surface area (Å²) in [4.78, 5) is 10.5. The van der Waals surface area contributed by atoms with Crippen molar-refractivity contribution in [3.8, 4) is 16.8 Å². The number of aromatic nitrogens is 1. The molecule has 3 aromatic heterocycles. The van der Waals surface area contributed by atoms with Crippen LogP contribution in [-0.4, -0.2) is 16.2 Å². The van der Waals surface area contributed by atoms with Gasteiger partial charge >= 0.3 is 0 Å². The fraction of sp³-hybridized carbons (Fsp3) is 0.0196. The molecule has 0 radical (unpaired) electrons. The second kappa shape index (κ2) is 12.6. The van der Waals surface area contributed by atoms with E-state index in [0.29, 0.717) is 5.84 Å². The summed E-state index contributed by atoms with van der Waals surface area (Å²) >= 11 is 1.80. The summed E-state index contributed by atoms with van der Waals surface area (Å²) in [6.07, 6.45) is -0.424. The maximum atomic E-state index is 6.61. The molecule has 6 heteroatoms. The third-order valence-electron chi connectivity index (χ3n) is 11.3. The van der Waals surface area contributed by atoms with E-state index >= 15 is 0 Å². The molecule has 0 fully saturated rings. The van der Waals surface area contributed by atoms with E-state index in [1.807, 2.05) is 18.2 Å². The summed E-state index contributed by atoms with van der Waals surface area (Å²) in [5.41, 5.74) is 10.5. The van der Waals surface area contributed by atoms with Crippen molar-refractivity contribution in [2.75, 3.05) is 0 Å². The van der Waals surface area contributed by atoms with Gasteiger partial charge in [0.1, 0.15) is 23.2 Å². The molecule has 1 atom stereocenters. The Labute approximate surface area is 331 Å². The Balaban J connectivity index is 1.05. The maximum Gasteiger partial charge on any atom is 0.159 e. The molecule has 0 aliphatic carbocycles. The van der Waals surface area contributed by atoms with Gasteiger partial charge in [0, 0.05) is 64.1 Å². The second-order valence-corrected chi connectivity index (χ2v) is 15.6. The van der Waals surface area contributed by atoms with Crippen LogP contribution in [0.25, 0.3) is 80.7 Å². The van der Waals surface area contributed by atoms with Gasteiger partial charge in [-0.3, -0.25) is 0 Å². The van der Waals surface area contributed by atoms with E-state index in [4.69, 9.17) is 14.4 Å². The van der Waals surface area contributed by atoms with Gasteiger partial charge in [-0.05, 0) is 59.7 Å². The van der Waals surface area contributed by atoms with Crippen molar-refractivity contribution in [1.82, 2.24) is 9.88 Å². The van der Waals surface area contributed by atoms with Crippen molar-refractivity contribution in [1.29, 1.82) is 0 Å². The van der Waals surface area contributed by atoms with Gasteiger partial charge in [0.25, 0.3) is 0 Å². The lowest BCUT2D eigenvalue weighted by atomic mass is 10.0. The summed E-state index contributed by atoms with van der Waals surface area (Å²) in [6, 6.07) is 64.3. The van der Waals surface area contributed by atoms with Crippen molar-refractivity contribution in [3.05, 3.63) is 199 Å². The number of para-hydroxylation sites is 1. The number of aliphatic imine (C=N–C) groups is 2. The second-order valence-electron chi connectivity index (χ2n) is 14.6. The van der Waals surface area contributed by atoms with E-state index in [9.17, 15) is 0 Å². The van der Waals surface area contributed by atoms with Crippen LogP contribution in [0.3, 0.4) is 0 Å². The number of hydrogen-bond acceptors (Lipinski definition) is 5. The van der Waals surface area contributed by atoms with Crippen LogP contribution in [0.4, 0.5) is 0 Å². The summed E-state index contributed by atoms with van der Waals surface area (Å²) in [7, 11) is 0. The lowest BCUT2D eigenvalue weighted by Gasteiger charge is -2.24. The standard InChI is InChI=1S/C51H32N4OS/c1-3-13-31(14-4-1)33-25-27-36-35-17-7-9-22-42(35)55(43(36)29-33)34-26-28-44-41(30-34)47-39(20-12-23-45(47)56-44)50-52-49(32-15-5-2-6-16-32)53-51(54-50)40-21-11-19-38-37-18-8-10-24-46(37)57-48(38)40/h1-30,50H,(H,52,53,54). The Hall–Kier alpha value is -7.28. The Morgan fingerprint density at radius 3 is 2.14 bits per heavy atom. The van der Waals surface area contributed by atoms with Gasteiger partial charge in [0.15, 0.2) is 5.84 Å². The molecule has 1 aliphatic heterocycles. The quantitative estimate of drug-likeness (QED) is 0.191. The predicted octanol–water partition coefficient (Wildman–Crippen LogP) is 13.2. The van der Waals surface area contributed by atoms with Gasteiger partial charge < -0.3 is 14.3 Å². The van der Waals surface area contributed by atoms with Crippen LogP contribution >= 0.6 is 11.3 Å². The third-order valence-corrected chi connectivity index (χ3v) is 12.5. The van der Waals surface area contributed by atoms with E-state index < -0.39 is 6.17 Å². The number of furan rings is 1. The van der Waals surface area contributed by atoms with Crippen molar-refractivity contribution < 1.29 is 4.42 Å². The molecule has 1 aliphatic rings. The number of nitrogens with zero attached hydrogens (tertiary/aromatic N) is 3. The van der Waals surface area contributed by atoms with Crippen LogP contribution in [0.5, 0.6) is 0 Å². The van der Waals surface area contributed by atoms with Crippen LogP contribution in [0.1, 0.15) is 22.9 Å². The third kappa shape index (κ3) is 5.08. The molecule has 268 valence electrons. The number of rotatable bonds is 5. The topological polar surface area (TPSA) is 54.8 Å². The first-order chi connectivity index (χ1) is 28.2. The smallest absolute Gasteiger partial charge is 0.159 e. The highest BCUT2D eigenvalue weighted by molar-refractivity contribution is 7.26. The van der Waals surface area contributed by atoms with Gasteiger partial charge in [0.05, 0.1) is 11.0 Å². The SMILES string of the molecule is c1ccc(C2=NC(c3cccc4oc5ccc(-n6c7ccccc7c7ccc(-c8ccccc8)cc76)cc5c34)NC(c3cccc4c3sc3ccccc34)=N2)cc1. The highest BCUT2D eigenvalue weighted by Crippen LogP contribution is 2.41. The van der Waals surface area contributed by atoms with Crippen molar-refractivity contribution in [2.24, 2.45) is 9.98 Å². The Morgan fingerprint density at radius 2 is 1.26 bits per heavy atom. The molecule has 0 saturated heterocycles. The van der Waals surface area contributed by atoms with Crippen LogP contribution in [-0.2, 0) is 0 Å². The summed E-state index contributed by atoms with van der Waals surface area (Å²) in [5, 5.41) is 10.8. The minimum atomic E-state index is -0.424. The molecule has 4 heterocycles. The minimum absolute atomic E-state index is 0.424. The normalized spacial score (nSPS) is 14.5. The molecular formula is C51H32N4OS. The van der Waals surface area contributed by atoms with Crippen LogP contribution < -0.4 is 5.32 Å². The summed E-state index contributed by atoms with van der Waals surface area (Å²) in [6.45, 7) is 0. The fourth-order valence-electron chi connectivity index (χ4n) is 8.66. The van der Waals surface area contributed by atoms with Gasteiger partial charge in [0.2, 0.25) is 0 Å². The fourth-order valence-corrected chi connectivity index (χ4v) is 9.88. The zero-order valence-corrected chi connectivity index (χ0v) is 31.4. The molecule has 1 unspecified atom stereocenters. The Kier molecular flexibility index (Phi) is 7.09. The van der Waals surface area contributed by atoms with Gasteiger partial charge in [-0.1, -0.05) is 133 Å². The molecule has 0 bridgehead atoms. The van der Waals surface area contributed by atoms with E-state index in [1.165, 1.54) is 42.1 Å². The first-order valence-corrected chi connectivity index (χ1v) is 20.0. The lowest BCUT2D eigenvalue weighted by molar-refractivity contribution is 0.662. The number of benzene rings is 8. The highest BCUT2D eigenvalue weighted by atomic mass is 32.1. The molecule has 12 rings (SSSR count). The zero-order chi connectivity index (χ0) is 37.5. The average molecular weight is 749 g/mol. The first-order valence-electron chi connectivity index (χ1n) is 19.2. The number of thiophene rings is 1. The maximum absolute atomic E-state index is 6.61. The van der Waals surface area contributed by atoms with Crippen LogP contribution in [0.15, 0.2) is 196 Å². The van der Waals surface area contributed by atoms with Crippen molar-refractivity contribution in [3.63, 3.8) is 0 Å². The lowest BCUT2D eigenvalue weighted by Crippen LogP contribution is -2.33. The van der Waals surface area contributed by atoms with E-state index in [1.54, 1.807) is 11.3 Å². The predicted molar refractivity (Wildman–Crippen MR) is 238 cm³/mol. The zero-order valence-electron chi connectivity index (χ0n) is 30.6. The summed E-state index contributed by atoms with van der Waals surface area (Å²) in [5.74, 6) is 1.49. The minimum Gasteiger partial charge on any atom is -0.456 e. The van der Waals surface area contributed by atoms with E-state index in [-0.39, 0.29) is 0 Å². The molecular weight excluding hydrogens is 717 g/mol. The molecule has 5 nitrogen and oxygen atoms in total. The molecule has 0 amide bonds. The number of hydrogen-bond donors (Lipinski definition) is 1. The van der Waals surface area contributed by atoms with Gasteiger partial charge in [-0.2, -0.15) is 0 Å². The number of amidine groups is 2. The molecule has 0 saturated carbocycles. The van der Waals surface area contributed by atoms with Crippen molar-refractivity contribution in [2.45, 2.75) is 6.17 Å². The monoisotopic (exact) mass is 748 g/mol. The highest BCUT2D eigenvalue weighted by Gasteiger charge is 2.26. The van der Waals surface area contributed by atoms with Gasteiger partial charge in [-0.15, -0.1) is 11.3 Å². The molecule has 0 spiro atoms.